The molecule has 1 saturated carbocycles. The minimum atomic E-state index is -1.17. The molecular weight excluding hydrogens is 516 g/mol. The highest BCUT2D eigenvalue weighted by Crippen LogP contribution is 2.32. The van der Waals surface area contributed by atoms with Crippen molar-refractivity contribution in [2.45, 2.75) is 76.3 Å². The van der Waals surface area contributed by atoms with Crippen LogP contribution in [0.15, 0.2) is 29.3 Å². The summed E-state index contributed by atoms with van der Waals surface area (Å²) < 4.78 is 0. The Hall–Kier alpha value is -4.16. The van der Waals surface area contributed by atoms with Gasteiger partial charge in [-0.1, -0.05) is 43.5 Å². The van der Waals surface area contributed by atoms with Crippen molar-refractivity contribution in [1.82, 2.24) is 10.6 Å². The summed E-state index contributed by atoms with van der Waals surface area (Å²) in [5.41, 5.74) is 23.1. The fraction of sp³-hybridized carbons (Fsp3) is 0.556. The molecule has 1 unspecified atom stereocenters. The van der Waals surface area contributed by atoms with Gasteiger partial charge in [0.1, 0.15) is 17.9 Å². The average molecular weight is 559 g/mol. The zero-order valence-corrected chi connectivity index (χ0v) is 22.7. The number of hydrogen-bond donors (Lipinski definition) is 8. The molecule has 1 aliphatic carbocycles. The fourth-order valence-electron chi connectivity index (χ4n) is 4.96. The number of aliphatic carboxylic acids is 1. The van der Waals surface area contributed by atoms with Crippen LogP contribution in [0.1, 0.15) is 68.9 Å². The van der Waals surface area contributed by atoms with E-state index < -0.39 is 35.8 Å². The van der Waals surface area contributed by atoms with Crippen LogP contribution in [-0.2, 0) is 25.6 Å². The highest BCUT2D eigenvalue weighted by atomic mass is 16.4. The SMILES string of the molecule is N=C(N)c1ccc(CC(C(=O)N[C@@H](CCC(=O)O)C(=O)N[C@@H](CCCN=C(N)N)C(N)=O)C2CCCCC2)cc1. The number of amidine groups is 1. The first-order valence-electron chi connectivity index (χ1n) is 13.6. The van der Waals surface area contributed by atoms with Crippen LogP contribution in [0, 0.1) is 17.2 Å². The van der Waals surface area contributed by atoms with Crippen LogP contribution >= 0.6 is 0 Å². The second-order valence-electron chi connectivity index (χ2n) is 10.2. The van der Waals surface area contributed by atoms with Crippen molar-refractivity contribution in [2.75, 3.05) is 6.54 Å². The number of amides is 3. The Bertz CT molecular complexity index is 1070. The number of carbonyl (C=O) groups excluding carboxylic acids is 3. The minimum Gasteiger partial charge on any atom is -0.481 e. The molecule has 13 nitrogen and oxygen atoms in total. The number of guanidine groups is 1. The minimum absolute atomic E-state index is 0.0501. The number of carboxylic acids is 1. The Morgan fingerprint density at radius 1 is 0.925 bits per heavy atom. The van der Waals surface area contributed by atoms with E-state index in [2.05, 4.69) is 15.6 Å². The zero-order valence-electron chi connectivity index (χ0n) is 22.7. The smallest absolute Gasteiger partial charge is 0.303 e. The largest absolute Gasteiger partial charge is 0.481 e. The van der Waals surface area contributed by atoms with Crippen LogP contribution < -0.4 is 33.6 Å². The van der Waals surface area contributed by atoms with Gasteiger partial charge in [-0.15, -0.1) is 0 Å². The molecular formula is C27H42N8O5. The van der Waals surface area contributed by atoms with Gasteiger partial charge in [-0.3, -0.25) is 29.6 Å². The number of hydrogen-bond acceptors (Lipinski definition) is 6. The lowest BCUT2D eigenvalue weighted by Crippen LogP contribution is -2.54. The third-order valence-electron chi connectivity index (χ3n) is 7.16. The van der Waals surface area contributed by atoms with Crippen molar-refractivity contribution >= 4 is 35.5 Å². The molecule has 1 aromatic carbocycles. The molecule has 13 heteroatoms. The van der Waals surface area contributed by atoms with Crippen molar-refractivity contribution < 1.29 is 24.3 Å². The average Bonchev–Trinajstić information content (AvgIpc) is 2.91. The number of nitrogen functional groups attached to an aromatic ring is 1. The highest BCUT2D eigenvalue weighted by Gasteiger charge is 2.33. The van der Waals surface area contributed by atoms with Crippen LogP contribution in [0.2, 0.25) is 0 Å². The second kappa shape index (κ2) is 16.1. The number of carbonyl (C=O) groups is 4. The van der Waals surface area contributed by atoms with Gasteiger partial charge in [-0.05, 0) is 50.0 Å². The van der Waals surface area contributed by atoms with E-state index in [1.165, 1.54) is 0 Å². The lowest BCUT2D eigenvalue weighted by atomic mass is 9.76. The molecule has 12 N–H and O–H groups in total. The third-order valence-corrected chi connectivity index (χ3v) is 7.16. The lowest BCUT2D eigenvalue weighted by Gasteiger charge is -2.31. The first-order valence-corrected chi connectivity index (χ1v) is 13.6. The molecule has 40 heavy (non-hydrogen) atoms. The molecule has 1 aromatic rings. The van der Waals surface area contributed by atoms with Crippen molar-refractivity contribution in [3.8, 4) is 0 Å². The fourth-order valence-corrected chi connectivity index (χ4v) is 4.96. The molecule has 1 fully saturated rings. The number of benzene rings is 1. The van der Waals surface area contributed by atoms with Crippen LogP contribution in [0.4, 0.5) is 0 Å². The normalized spacial score (nSPS) is 15.7. The molecule has 3 atom stereocenters. The molecule has 0 spiro atoms. The second-order valence-corrected chi connectivity index (χ2v) is 10.2. The first-order chi connectivity index (χ1) is 19.0. The molecule has 0 bridgehead atoms. The van der Waals surface area contributed by atoms with Crippen molar-refractivity contribution in [2.24, 2.45) is 39.8 Å². The third kappa shape index (κ3) is 10.9. The van der Waals surface area contributed by atoms with Gasteiger partial charge >= 0.3 is 5.97 Å². The van der Waals surface area contributed by atoms with E-state index in [1.54, 1.807) is 12.1 Å². The molecule has 3 amide bonds. The van der Waals surface area contributed by atoms with Crippen LogP contribution in [0.5, 0.6) is 0 Å². The van der Waals surface area contributed by atoms with Gasteiger partial charge in [0.05, 0.1) is 0 Å². The van der Waals surface area contributed by atoms with E-state index >= 15 is 0 Å². The molecule has 0 heterocycles. The molecule has 0 aromatic heterocycles. The Balaban J connectivity index is 2.20. The van der Waals surface area contributed by atoms with Crippen molar-refractivity contribution in [3.05, 3.63) is 35.4 Å². The quantitative estimate of drug-likeness (QED) is 0.0781. The topological polar surface area (TPSA) is 253 Å². The van der Waals surface area contributed by atoms with Crippen molar-refractivity contribution in [1.29, 1.82) is 5.41 Å². The van der Waals surface area contributed by atoms with Gasteiger partial charge in [-0.2, -0.15) is 0 Å². The summed E-state index contributed by atoms with van der Waals surface area (Å²) in [4.78, 5) is 53.9. The summed E-state index contributed by atoms with van der Waals surface area (Å²) in [6.07, 6.45) is 5.27. The van der Waals surface area contributed by atoms with Gasteiger partial charge < -0.3 is 38.7 Å². The number of nitrogens with two attached hydrogens (primary N) is 4. The number of nitrogens with zero attached hydrogens (tertiary/aromatic N) is 1. The van der Waals surface area contributed by atoms with Crippen molar-refractivity contribution in [3.63, 3.8) is 0 Å². The Morgan fingerprint density at radius 2 is 1.55 bits per heavy atom. The molecule has 0 radical (unpaired) electrons. The molecule has 0 saturated heterocycles. The Kier molecular flexibility index (Phi) is 12.9. The van der Waals surface area contributed by atoms with E-state index in [-0.39, 0.29) is 49.4 Å². The van der Waals surface area contributed by atoms with Gasteiger partial charge in [0.25, 0.3) is 0 Å². The number of rotatable bonds is 16. The number of nitrogens with one attached hydrogen (secondary N) is 3. The van der Waals surface area contributed by atoms with E-state index in [9.17, 15) is 24.3 Å². The predicted molar refractivity (Wildman–Crippen MR) is 151 cm³/mol. The molecule has 2 rings (SSSR count). The Labute approximate surface area is 234 Å². The summed E-state index contributed by atoms with van der Waals surface area (Å²) in [6.45, 7) is 0.234. The first kappa shape index (κ1) is 32.1. The van der Waals surface area contributed by atoms with E-state index in [4.69, 9.17) is 28.3 Å². The summed E-state index contributed by atoms with van der Waals surface area (Å²) in [7, 11) is 0. The summed E-state index contributed by atoms with van der Waals surface area (Å²) in [5, 5.41) is 22.1. The molecule has 1 aliphatic rings. The maximum Gasteiger partial charge on any atom is 0.303 e. The van der Waals surface area contributed by atoms with E-state index in [0.29, 0.717) is 18.4 Å². The summed E-state index contributed by atoms with van der Waals surface area (Å²) in [6, 6.07) is 4.90. The predicted octanol–water partition coefficient (Wildman–Crippen LogP) is 0.0830. The van der Waals surface area contributed by atoms with Gasteiger partial charge in [0.2, 0.25) is 17.7 Å². The van der Waals surface area contributed by atoms with Crippen LogP contribution in [0.3, 0.4) is 0 Å². The molecule has 220 valence electrons. The Morgan fingerprint density at radius 3 is 2.10 bits per heavy atom. The van der Waals surface area contributed by atoms with E-state index in [1.807, 2.05) is 12.1 Å². The maximum atomic E-state index is 13.7. The van der Waals surface area contributed by atoms with E-state index in [0.717, 1.165) is 37.7 Å². The number of carboxylic acid groups (broad SMARTS) is 1. The zero-order chi connectivity index (χ0) is 29.7. The maximum absolute atomic E-state index is 13.7. The van der Waals surface area contributed by atoms with Gasteiger partial charge in [0, 0.05) is 24.4 Å². The standard InChI is InChI=1S/C27H42N8O5/c28-23(29)18-10-8-16(9-11-18)15-19(17-5-2-1-3-6-17)25(39)35-21(12-13-22(36)37)26(40)34-20(24(30)38)7-4-14-33-27(31)32/h8-11,17,19-21H,1-7,12-15H2,(H3,28,29)(H2,30,38)(H,34,40)(H,35,39)(H,36,37)(H4,31,32,33)/t19?,20-,21-/m0/s1. The highest BCUT2D eigenvalue weighted by molar-refractivity contribution is 5.95. The number of aliphatic imine (C=N–C) groups is 1. The number of primary amides is 1. The summed E-state index contributed by atoms with van der Waals surface area (Å²) in [5.74, 6) is -3.43. The summed E-state index contributed by atoms with van der Waals surface area (Å²) >= 11 is 0. The molecule has 0 aliphatic heterocycles. The lowest BCUT2D eigenvalue weighted by molar-refractivity contribution is -0.138. The van der Waals surface area contributed by atoms with Crippen LogP contribution in [-0.4, -0.2) is 59.2 Å². The monoisotopic (exact) mass is 558 g/mol. The van der Waals surface area contributed by atoms with Gasteiger partial charge in [0.15, 0.2) is 5.96 Å². The van der Waals surface area contributed by atoms with Crippen LogP contribution in [0.25, 0.3) is 0 Å². The van der Waals surface area contributed by atoms with Gasteiger partial charge in [-0.25, -0.2) is 0 Å².